The Kier molecular flexibility index (Phi) is 2.70. The highest BCUT2D eigenvalue weighted by molar-refractivity contribution is 9.10. The average Bonchev–Trinajstić information content (AvgIpc) is 3.03. The zero-order chi connectivity index (χ0) is 14.9. The Hall–Kier alpha value is -1.14. The number of nitrogens with zero attached hydrogens (tertiary/aromatic N) is 2. The van der Waals surface area contributed by atoms with E-state index in [9.17, 15) is 0 Å². The van der Waals surface area contributed by atoms with E-state index in [4.69, 9.17) is 16.3 Å². The van der Waals surface area contributed by atoms with Crippen LogP contribution in [0.1, 0.15) is 26.3 Å². The quantitative estimate of drug-likeness (QED) is 0.734. The first kappa shape index (κ1) is 13.5. The minimum absolute atomic E-state index is 0.0368. The fourth-order valence-corrected chi connectivity index (χ4v) is 4.14. The lowest BCUT2D eigenvalue weighted by Gasteiger charge is -2.46. The van der Waals surface area contributed by atoms with Crippen molar-refractivity contribution in [3.05, 3.63) is 15.1 Å². The Bertz CT molecular complexity index is 688. The van der Waals surface area contributed by atoms with Gasteiger partial charge in [0.2, 0.25) is 0 Å². The molecule has 1 unspecified atom stereocenters. The van der Waals surface area contributed by atoms with Gasteiger partial charge in [-0.05, 0) is 36.7 Å². The number of hydrogen-bond donors (Lipinski definition) is 2. The number of halogens is 2. The molecule has 0 fully saturated rings. The van der Waals surface area contributed by atoms with Crippen molar-refractivity contribution in [3.63, 3.8) is 0 Å². The minimum atomic E-state index is -0.179. The van der Waals surface area contributed by atoms with Crippen molar-refractivity contribution < 1.29 is 4.74 Å². The van der Waals surface area contributed by atoms with Gasteiger partial charge >= 0.3 is 0 Å². The zero-order valence-corrected chi connectivity index (χ0v) is 14.4. The maximum Gasteiger partial charge on any atom is 0.143 e. The van der Waals surface area contributed by atoms with Crippen LogP contribution >= 0.6 is 27.5 Å². The van der Waals surface area contributed by atoms with E-state index < -0.39 is 0 Å². The van der Waals surface area contributed by atoms with E-state index in [0.717, 1.165) is 33.9 Å². The topological polar surface area (TPSA) is 48.9 Å². The van der Waals surface area contributed by atoms with Crippen LogP contribution in [0.25, 0.3) is 0 Å². The van der Waals surface area contributed by atoms with E-state index in [-0.39, 0.29) is 11.7 Å². The molecule has 7 heteroatoms. The third-order valence-corrected chi connectivity index (χ3v) is 5.69. The molecule has 4 rings (SSSR count). The van der Waals surface area contributed by atoms with Gasteiger partial charge in [0.15, 0.2) is 0 Å². The van der Waals surface area contributed by atoms with Gasteiger partial charge in [0.1, 0.15) is 17.8 Å². The SMILES string of the molecule is CC1=NNC2N1c1c(Cl)c(Br)c3c(c1NC2(C)C)CCO3. The van der Waals surface area contributed by atoms with Gasteiger partial charge < -0.3 is 15.0 Å². The molecule has 0 bridgehead atoms. The molecule has 1 aromatic rings. The largest absolute Gasteiger partial charge is 0.492 e. The number of rotatable bonds is 0. The normalized spacial score (nSPS) is 24.3. The van der Waals surface area contributed by atoms with Crippen molar-refractivity contribution >= 4 is 44.7 Å². The predicted molar refractivity (Wildman–Crippen MR) is 88.6 cm³/mol. The fourth-order valence-electron chi connectivity index (χ4n) is 3.33. The van der Waals surface area contributed by atoms with Crippen LogP contribution in [0.15, 0.2) is 9.57 Å². The summed E-state index contributed by atoms with van der Waals surface area (Å²) in [6.07, 6.45) is 0.924. The molecular weight excluding hydrogens is 356 g/mol. The maximum absolute atomic E-state index is 6.63. The summed E-state index contributed by atoms with van der Waals surface area (Å²) in [5.74, 6) is 1.78. The Morgan fingerprint density at radius 3 is 3.00 bits per heavy atom. The Morgan fingerprint density at radius 2 is 2.24 bits per heavy atom. The summed E-state index contributed by atoms with van der Waals surface area (Å²) in [5, 5.41) is 8.68. The third kappa shape index (κ3) is 1.66. The summed E-state index contributed by atoms with van der Waals surface area (Å²) in [5.41, 5.74) is 6.25. The lowest BCUT2D eigenvalue weighted by Crippen LogP contribution is -2.60. The molecule has 1 atom stereocenters. The van der Waals surface area contributed by atoms with Gasteiger partial charge in [-0.1, -0.05) is 11.6 Å². The predicted octanol–water partition coefficient (Wildman–Crippen LogP) is 3.31. The van der Waals surface area contributed by atoms with E-state index in [2.05, 4.69) is 50.5 Å². The van der Waals surface area contributed by atoms with Gasteiger partial charge in [-0.25, -0.2) is 0 Å². The summed E-state index contributed by atoms with van der Waals surface area (Å²) in [6.45, 7) is 7.00. The van der Waals surface area contributed by atoms with Crippen LogP contribution in [0.2, 0.25) is 5.02 Å². The first-order valence-electron chi connectivity index (χ1n) is 6.95. The number of hydrazone groups is 1. The standard InChI is InChI=1S/C14H16BrClN4O/c1-6-18-19-13-14(2,3)17-10-7-4-5-21-12(7)8(15)9(16)11(10)20(6)13/h13,17,19H,4-5H2,1-3H3. The second-order valence-corrected chi connectivity index (χ2v) is 7.34. The minimum Gasteiger partial charge on any atom is -0.492 e. The van der Waals surface area contributed by atoms with Crippen LogP contribution in [0.3, 0.4) is 0 Å². The van der Waals surface area contributed by atoms with Crippen LogP contribution < -0.4 is 20.4 Å². The molecule has 0 radical (unpaired) electrons. The molecule has 3 aliphatic rings. The van der Waals surface area contributed by atoms with E-state index in [1.165, 1.54) is 5.56 Å². The molecule has 112 valence electrons. The highest BCUT2D eigenvalue weighted by atomic mass is 79.9. The molecule has 1 aromatic carbocycles. The smallest absolute Gasteiger partial charge is 0.143 e. The van der Waals surface area contributed by atoms with Crippen LogP contribution in [0, 0.1) is 0 Å². The monoisotopic (exact) mass is 370 g/mol. The molecule has 21 heavy (non-hydrogen) atoms. The van der Waals surface area contributed by atoms with Gasteiger partial charge in [-0.15, -0.1) is 0 Å². The maximum atomic E-state index is 6.63. The van der Waals surface area contributed by atoms with Crippen molar-refractivity contribution in [1.82, 2.24) is 5.43 Å². The van der Waals surface area contributed by atoms with E-state index in [0.29, 0.717) is 11.6 Å². The molecule has 2 N–H and O–H groups in total. The summed E-state index contributed by atoms with van der Waals surface area (Å²) >= 11 is 10.2. The lowest BCUT2D eigenvalue weighted by atomic mass is 9.93. The summed E-state index contributed by atoms with van der Waals surface area (Å²) in [7, 11) is 0. The number of ether oxygens (including phenoxy) is 1. The molecule has 0 aliphatic carbocycles. The first-order chi connectivity index (χ1) is 9.92. The van der Waals surface area contributed by atoms with E-state index in [1.807, 2.05) is 6.92 Å². The van der Waals surface area contributed by atoms with Crippen molar-refractivity contribution in [2.45, 2.75) is 38.9 Å². The first-order valence-corrected chi connectivity index (χ1v) is 8.13. The van der Waals surface area contributed by atoms with Gasteiger partial charge in [-0.3, -0.25) is 5.43 Å². The summed E-state index contributed by atoms with van der Waals surface area (Å²) in [4.78, 5) is 2.18. The van der Waals surface area contributed by atoms with Gasteiger partial charge in [0.25, 0.3) is 0 Å². The highest BCUT2D eigenvalue weighted by Gasteiger charge is 2.47. The van der Waals surface area contributed by atoms with Crippen LogP contribution in [0.4, 0.5) is 11.4 Å². The number of hydrogen-bond acceptors (Lipinski definition) is 5. The number of anilines is 2. The molecule has 0 saturated carbocycles. The molecular formula is C14H16BrClN4O. The highest BCUT2D eigenvalue weighted by Crippen LogP contribution is 2.54. The van der Waals surface area contributed by atoms with Crippen molar-refractivity contribution in [2.75, 3.05) is 16.8 Å². The molecule has 3 heterocycles. The fraction of sp³-hybridized carbons (Fsp3) is 0.500. The van der Waals surface area contributed by atoms with Gasteiger partial charge in [0.05, 0.1) is 33.0 Å². The molecule has 0 spiro atoms. The molecule has 3 aliphatic heterocycles. The second kappa shape index (κ2) is 4.20. The van der Waals surface area contributed by atoms with E-state index in [1.54, 1.807) is 0 Å². The molecule has 5 nitrogen and oxygen atoms in total. The summed E-state index contributed by atoms with van der Waals surface area (Å²) in [6, 6.07) is 0. The Morgan fingerprint density at radius 1 is 1.48 bits per heavy atom. The van der Waals surface area contributed by atoms with Crippen molar-refractivity contribution in [3.8, 4) is 5.75 Å². The van der Waals surface area contributed by atoms with Crippen molar-refractivity contribution in [1.29, 1.82) is 0 Å². The number of fused-ring (bicyclic) bond motifs is 5. The number of benzene rings is 1. The third-order valence-electron chi connectivity index (χ3n) is 4.34. The van der Waals surface area contributed by atoms with Crippen molar-refractivity contribution in [2.24, 2.45) is 5.10 Å². The van der Waals surface area contributed by atoms with Crippen LogP contribution in [-0.4, -0.2) is 24.1 Å². The van der Waals surface area contributed by atoms with Crippen LogP contribution in [0.5, 0.6) is 5.75 Å². The van der Waals surface area contributed by atoms with E-state index >= 15 is 0 Å². The Balaban J connectivity index is 2.03. The average molecular weight is 372 g/mol. The number of amidine groups is 1. The summed E-state index contributed by atoms with van der Waals surface area (Å²) < 4.78 is 6.58. The van der Waals surface area contributed by atoms with Crippen LogP contribution in [-0.2, 0) is 6.42 Å². The Labute approximate surface area is 136 Å². The number of nitrogens with one attached hydrogen (secondary N) is 2. The van der Waals surface area contributed by atoms with Gasteiger partial charge in [0, 0.05) is 12.0 Å². The molecule has 0 saturated heterocycles. The lowest BCUT2D eigenvalue weighted by molar-refractivity contribution is 0.355. The molecule has 0 aromatic heterocycles. The zero-order valence-electron chi connectivity index (χ0n) is 12.1. The molecule has 0 amide bonds. The van der Waals surface area contributed by atoms with Gasteiger partial charge in [-0.2, -0.15) is 5.10 Å². The second-order valence-electron chi connectivity index (χ2n) is 6.17.